The Hall–Kier alpha value is -1.15. The Balaban J connectivity index is 1.32. The van der Waals surface area contributed by atoms with Crippen LogP contribution in [0.3, 0.4) is 0 Å². The molecular weight excluding hydrogens is 392 g/mol. The number of amides is 2. The number of carbonyl (C=O) groups is 2. The van der Waals surface area contributed by atoms with E-state index in [4.69, 9.17) is 0 Å². The standard InChI is InChI=1S/C20H30N4O2S2/c1-4-17(25)24(15-7-8-15)19-22-23-20(28-19)27-12(3)18(26)21-11(2)16-10-13-5-6-14(16)9-13/h11-16H,4-10H2,1-3H3,(H,21,26)/t11-,12+,13-,14-,16+/m0/s1. The van der Waals surface area contributed by atoms with E-state index in [2.05, 4.69) is 22.4 Å². The van der Waals surface area contributed by atoms with Gasteiger partial charge in [-0.25, -0.2) is 0 Å². The number of nitrogens with one attached hydrogen (secondary N) is 1. The summed E-state index contributed by atoms with van der Waals surface area (Å²) in [5.74, 6) is 2.50. The van der Waals surface area contributed by atoms with Gasteiger partial charge in [0.15, 0.2) is 4.34 Å². The van der Waals surface area contributed by atoms with Crippen molar-refractivity contribution in [1.82, 2.24) is 15.5 Å². The summed E-state index contributed by atoms with van der Waals surface area (Å²) in [5, 5.41) is 12.1. The van der Waals surface area contributed by atoms with Crippen LogP contribution in [0.4, 0.5) is 5.13 Å². The first-order valence-corrected chi connectivity index (χ1v) is 12.3. The first-order chi connectivity index (χ1) is 13.5. The summed E-state index contributed by atoms with van der Waals surface area (Å²) in [6.45, 7) is 5.95. The van der Waals surface area contributed by atoms with Crippen molar-refractivity contribution < 1.29 is 9.59 Å². The van der Waals surface area contributed by atoms with E-state index in [9.17, 15) is 9.59 Å². The van der Waals surface area contributed by atoms with E-state index < -0.39 is 0 Å². The van der Waals surface area contributed by atoms with Gasteiger partial charge in [-0.05, 0) is 63.7 Å². The quantitative estimate of drug-likeness (QED) is 0.508. The van der Waals surface area contributed by atoms with Gasteiger partial charge in [0.05, 0.1) is 5.25 Å². The molecule has 2 bridgehead atoms. The first-order valence-electron chi connectivity index (χ1n) is 10.6. The second-order valence-electron chi connectivity index (χ2n) is 8.60. The Kier molecular flexibility index (Phi) is 5.97. The fourth-order valence-electron chi connectivity index (χ4n) is 4.88. The summed E-state index contributed by atoms with van der Waals surface area (Å²) in [6.07, 6.45) is 7.89. The van der Waals surface area contributed by atoms with Crippen LogP contribution in [0.2, 0.25) is 0 Å². The van der Waals surface area contributed by atoms with E-state index in [1.165, 1.54) is 48.8 Å². The van der Waals surface area contributed by atoms with Gasteiger partial charge in [-0.1, -0.05) is 36.4 Å². The number of nitrogens with zero attached hydrogens (tertiary/aromatic N) is 3. The van der Waals surface area contributed by atoms with Crippen LogP contribution in [0.15, 0.2) is 4.34 Å². The van der Waals surface area contributed by atoms with Gasteiger partial charge < -0.3 is 5.32 Å². The molecule has 1 heterocycles. The van der Waals surface area contributed by atoms with E-state index in [-0.39, 0.29) is 29.1 Å². The summed E-state index contributed by atoms with van der Waals surface area (Å²) in [7, 11) is 0. The molecular formula is C20H30N4O2S2. The normalized spacial score (nSPS) is 28.2. The fraction of sp³-hybridized carbons (Fsp3) is 0.800. The highest BCUT2D eigenvalue weighted by Crippen LogP contribution is 2.49. The zero-order valence-corrected chi connectivity index (χ0v) is 18.5. The molecule has 0 spiro atoms. The van der Waals surface area contributed by atoms with E-state index in [0.29, 0.717) is 17.5 Å². The van der Waals surface area contributed by atoms with E-state index in [1.807, 2.05) is 13.8 Å². The Morgan fingerprint density at radius 3 is 2.61 bits per heavy atom. The SMILES string of the molecule is CCC(=O)N(c1nnc(S[C@H](C)C(=O)N[C@@H](C)[C@H]2C[C@H]3CC[C@H]2C3)s1)C1CC1. The van der Waals surface area contributed by atoms with Gasteiger partial charge in [0.1, 0.15) is 0 Å². The molecule has 3 aliphatic rings. The minimum Gasteiger partial charge on any atom is -0.352 e. The van der Waals surface area contributed by atoms with Gasteiger partial charge >= 0.3 is 0 Å². The maximum Gasteiger partial charge on any atom is 0.233 e. The van der Waals surface area contributed by atoms with Crippen LogP contribution in [0.5, 0.6) is 0 Å². The fourth-order valence-corrected chi connectivity index (χ4v) is 6.96. The number of thioether (sulfide) groups is 1. The first kappa shape index (κ1) is 20.1. The maximum absolute atomic E-state index is 12.7. The Bertz CT molecular complexity index is 736. The Labute approximate surface area is 175 Å². The van der Waals surface area contributed by atoms with Crippen LogP contribution in [0, 0.1) is 17.8 Å². The van der Waals surface area contributed by atoms with Gasteiger partial charge in [-0.15, -0.1) is 10.2 Å². The lowest BCUT2D eigenvalue weighted by Crippen LogP contribution is -2.43. The molecule has 1 N–H and O–H groups in total. The molecule has 5 atom stereocenters. The lowest BCUT2D eigenvalue weighted by molar-refractivity contribution is -0.121. The smallest absolute Gasteiger partial charge is 0.233 e. The van der Waals surface area contributed by atoms with Gasteiger partial charge in [-0.3, -0.25) is 14.5 Å². The third-order valence-electron chi connectivity index (χ3n) is 6.54. The minimum atomic E-state index is -0.224. The molecule has 28 heavy (non-hydrogen) atoms. The van der Waals surface area contributed by atoms with Crippen molar-refractivity contribution in [3.8, 4) is 0 Å². The molecule has 3 fully saturated rings. The van der Waals surface area contributed by atoms with Crippen LogP contribution in [0.25, 0.3) is 0 Å². The van der Waals surface area contributed by atoms with Crippen molar-refractivity contribution in [3.05, 3.63) is 0 Å². The second-order valence-corrected chi connectivity index (χ2v) is 11.1. The molecule has 0 unspecified atom stereocenters. The molecule has 1 aromatic heterocycles. The second kappa shape index (κ2) is 8.30. The van der Waals surface area contributed by atoms with Gasteiger partial charge in [0, 0.05) is 18.5 Å². The number of aromatic nitrogens is 2. The number of anilines is 1. The third kappa shape index (κ3) is 4.22. The summed E-state index contributed by atoms with van der Waals surface area (Å²) in [4.78, 5) is 26.7. The van der Waals surface area contributed by atoms with Crippen LogP contribution in [-0.2, 0) is 9.59 Å². The molecule has 3 saturated carbocycles. The highest BCUT2D eigenvalue weighted by atomic mass is 32.2. The van der Waals surface area contributed by atoms with Crippen LogP contribution in [0.1, 0.15) is 65.7 Å². The van der Waals surface area contributed by atoms with Crippen molar-refractivity contribution in [3.63, 3.8) is 0 Å². The van der Waals surface area contributed by atoms with Crippen molar-refractivity contribution >= 4 is 40.0 Å². The molecule has 6 nitrogen and oxygen atoms in total. The molecule has 0 saturated heterocycles. The van der Waals surface area contributed by atoms with E-state index >= 15 is 0 Å². The summed E-state index contributed by atoms with van der Waals surface area (Å²) >= 11 is 2.85. The van der Waals surface area contributed by atoms with Crippen LogP contribution >= 0.6 is 23.1 Å². The molecule has 1 aromatic rings. The van der Waals surface area contributed by atoms with Crippen molar-refractivity contribution in [2.45, 2.75) is 87.4 Å². The number of fused-ring (bicyclic) bond motifs is 2. The minimum absolute atomic E-state index is 0.0701. The summed E-state index contributed by atoms with van der Waals surface area (Å²) < 4.78 is 0.750. The molecule has 4 rings (SSSR count). The molecule has 8 heteroatoms. The van der Waals surface area contributed by atoms with Gasteiger partial charge in [0.25, 0.3) is 0 Å². The molecule has 3 aliphatic carbocycles. The predicted octanol–water partition coefficient (Wildman–Crippen LogP) is 3.87. The zero-order valence-electron chi connectivity index (χ0n) is 16.9. The average Bonchev–Trinajstić information content (AvgIpc) is 3.07. The average molecular weight is 423 g/mol. The summed E-state index contributed by atoms with van der Waals surface area (Å²) in [6, 6.07) is 0.518. The largest absolute Gasteiger partial charge is 0.352 e. The number of hydrogen-bond acceptors (Lipinski definition) is 6. The monoisotopic (exact) mass is 422 g/mol. The van der Waals surface area contributed by atoms with Crippen molar-refractivity contribution in [1.29, 1.82) is 0 Å². The van der Waals surface area contributed by atoms with Gasteiger partial charge in [0.2, 0.25) is 16.9 Å². The zero-order chi connectivity index (χ0) is 19.8. The lowest BCUT2D eigenvalue weighted by atomic mass is 9.84. The maximum atomic E-state index is 12.7. The topological polar surface area (TPSA) is 75.2 Å². The Morgan fingerprint density at radius 1 is 1.21 bits per heavy atom. The number of carbonyl (C=O) groups excluding carboxylic acids is 2. The lowest BCUT2D eigenvalue weighted by Gasteiger charge is -2.29. The van der Waals surface area contributed by atoms with E-state index in [0.717, 1.165) is 29.0 Å². The van der Waals surface area contributed by atoms with Crippen molar-refractivity contribution in [2.75, 3.05) is 4.90 Å². The highest BCUT2D eigenvalue weighted by molar-refractivity contribution is 8.02. The molecule has 0 aliphatic heterocycles. The number of rotatable bonds is 8. The molecule has 2 amide bonds. The van der Waals surface area contributed by atoms with Gasteiger partial charge in [-0.2, -0.15) is 0 Å². The predicted molar refractivity (Wildman–Crippen MR) is 113 cm³/mol. The highest BCUT2D eigenvalue weighted by Gasteiger charge is 2.42. The molecule has 0 aromatic carbocycles. The van der Waals surface area contributed by atoms with Crippen LogP contribution < -0.4 is 10.2 Å². The van der Waals surface area contributed by atoms with E-state index in [1.54, 1.807) is 4.90 Å². The van der Waals surface area contributed by atoms with Crippen LogP contribution in [-0.4, -0.2) is 39.3 Å². The Morgan fingerprint density at radius 2 is 2.00 bits per heavy atom. The number of hydrogen-bond donors (Lipinski definition) is 1. The molecule has 154 valence electrons. The van der Waals surface area contributed by atoms with Crippen molar-refractivity contribution in [2.24, 2.45) is 17.8 Å². The molecule has 0 radical (unpaired) electrons. The third-order valence-corrected chi connectivity index (χ3v) is 8.64. The summed E-state index contributed by atoms with van der Waals surface area (Å²) in [5.41, 5.74) is 0.